The van der Waals surface area contributed by atoms with Crippen LogP contribution in [-0.2, 0) is 6.54 Å². The van der Waals surface area contributed by atoms with Crippen molar-refractivity contribution in [2.75, 3.05) is 14.2 Å². The van der Waals surface area contributed by atoms with Gasteiger partial charge >= 0.3 is 0 Å². The van der Waals surface area contributed by atoms with E-state index in [1.54, 1.807) is 14.2 Å². The third kappa shape index (κ3) is 2.12. The van der Waals surface area contributed by atoms with Crippen molar-refractivity contribution in [1.29, 1.82) is 0 Å². The van der Waals surface area contributed by atoms with E-state index in [1.165, 1.54) is 0 Å². The third-order valence-electron chi connectivity index (χ3n) is 2.69. The first-order valence-electron chi connectivity index (χ1n) is 5.38. The first-order chi connectivity index (χ1) is 8.30. The molecule has 0 atom stereocenters. The Balaban J connectivity index is 2.58. The van der Waals surface area contributed by atoms with Crippen molar-refractivity contribution in [2.24, 2.45) is 5.73 Å². The van der Waals surface area contributed by atoms with E-state index in [0.717, 1.165) is 11.3 Å². The molecule has 0 spiro atoms. The van der Waals surface area contributed by atoms with Crippen molar-refractivity contribution >= 4 is 0 Å². The summed E-state index contributed by atoms with van der Waals surface area (Å²) in [7, 11) is 3.24. The molecule has 0 aliphatic carbocycles. The normalized spacial score (nSPS) is 10.3. The van der Waals surface area contributed by atoms with Crippen LogP contribution in [0.3, 0.4) is 0 Å². The summed E-state index contributed by atoms with van der Waals surface area (Å²) in [6, 6.07) is 7.78. The average Bonchev–Trinajstić information content (AvgIpc) is 2.90. The zero-order valence-electron chi connectivity index (χ0n) is 10.0. The Kier molecular flexibility index (Phi) is 3.35. The molecule has 2 rings (SSSR count). The van der Waals surface area contributed by atoms with E-state index >= 15 is 0 Å². The molecule has 0 unspecified atom stereocenters. The second-order valence-corrected chi connectivity index (χ2v) is 3.63. The van der Waals surface area contributed by atoms with Gasteiger partial charge in [-0.1, -0.05) is 0 Å². The predicted octanol–water partition coefficient (Wildman–Crippen LogP) is 1.95. The van der Waals surface area contributed by atoms with Crippen molar-refractivity contribution in [3.05, 3.63) is 42.2 Å². The Morgan fingerprint density at radius 2 is 1.65 bits per heavy atom. The average molecular weight is 232 g/mol. The minimum absolute atomic E-state index is 0.452. The number of benzene rings is 1. The summed E-state index contributed by atoms with van der Waals surface area (Å²) < 4.78 is 12.6. The Morgan fingerprint density at radius 3 is 2.18 bits per heavy atom. The lowest BCUT2D eigenvalue weighted by Gasteiger charge is -2.14. The number of hydrogen-bond donors (Lipinski definition) is 1. The molecular formula is C13H16N2O2. The predicted molar refractivity (Wildman–Crippen MR) is 66.8 cm³/mol. The largest absolute Gasteiger partial charge is 0.493 e. The van der Waals surface area contributed by atoms with E-state index in [1.807, 2.05) is 41.2 Å². The molecule has 90 valence electrons. The zero-order valence-corrected chi connectivity index (χ0v) is 10.0. The van der Waals surface area contributed by atoms with Crippen LogP contribution in [0.5, 0.6) is 11.5 Å². The SMILES string of the molecule is COc1cc(CN)c(-n2cccc2)cc1OC. The molecule has 0 saturated heterocycles. The Hall–Kier alpha value is -1.94. The van der Waals surface area contributed by atoms with Crippen molar-refractivity contribution in [2.45, 2.75) is 6.54 Å². The van der Waals surface area contributed by atoms with Crippen LogP contribution in [0.1, 0.15) is 5.56 Å². The van der Waals surface area contributed by atoms with Gasteiger partial charge in [0, 0.05) is 25.0 Å². The number of rotatable bonds is 4. The number of aromatic nitrogens is 1. The Labute approximate surface area is 101 Å². The van der Waals surface area contributed by atoms with E-state index in [9.17, 15) is 0 Å². The molecule has 0 amide bonds. The van der Waals surface area contributed by atoms with Crippen LogP contribution in [0.4, 0.5) is 0 Å². The molecule has 4 nitrogen and oxygen atoms in total. The standard InChI is InChI=1S/C13H16N2O2/c1-16-12-7-10(9-14)11(8-13(12)17-2)15-5-3-4-6-15/h3-8H,9,14H2,1-2H3. The molecule has 2 aromatic rings. The van der Waals surface area contributed by atoms with Gasteiger partial charge in [-0.2, -0.15) is 0 Å². The highest BCUT2D eigenvalue weighted by Gasteiger charge is 2.10. The van der Waals surface area contributed by atoms with Gasteiger partial charge < -0.3 is 19.8 Å². The number of nitrogens with two attached hydrogens (primary N) is 1. The van der Waals surface area contributed by atoms with Crippen LogP contribution in [0, 0.1) is 0 Å². The van der Waals surface area contributed by atoms with Gasteiger partial charge in [-0.15, -0.1) is 0 Å². The summed E-state index contributed by atoms with van der Waals surface area (Å²) in [5.41, 5.74) is 7.78. The molecule has 0 fully saturated rings. The molecule has 4 heteroatoms. The van der Waals surface area contributed by atoms with Gasteiger partial charge in [-0.25, -0.2) is 0 Å². The van der Waals surface area contributed by atoms with E-state index < -0.39 is 0 Å². The maximum Gasteiger partial charge on any atom is 0.162 e. The number of hydrogen-bond acceptors (Lipinski definition) is 3. The van der Waals surface area contributed by atoms with Gasteiger partial charge in [0.25, 0.3) is 0 Å². The van der Waals surface area contributed by atoms with E-state index in [2.05, 4.69) is 0 Å². The maximum atomic E-state index is 5.76. The van der Waals surface area contributed by atoms with Crippen LogP contribution in [0.2, 0.25) is 0 Å². The second kappa shape index (κ2) is 4.93. The smallest absolute Gasteiger partial charge is 0.162 e. The molecule has 2 N–H and O–H groups in total. The quantitative estimate of drug-likeness (QED) is 0.876. The molecule has 0 radical (unpaired) electrons. The molecule has 0 bridgehead atoms. The lowest BCUT2D eigenvalue weighted by Crippen LogP contribution is -2.05. The topological polar surface area (TPSA) is 49.4 Å². The summed E-state index contributed by atoms with van der Waals surface area (Å²) in [5, 5.41) is 0. The minimum Gasteiger partial charge on any atom is -0.493 e. The highest BCUT2D eigenvalue weighted by molar-refractivity contribution is 5.54. The van der Waals surface area contributed by atoms with E-state index in [0.29, 0.717) is 18.0 Å². The van der Waals surface area contributed by atoms with Gasteiger partial charge in [0.2, 0.25) is 0 Å². The molecule has 0 aliphatic rings. The second-order valence-electron chi connectivity index (χ2n) is 3.63. The van der Waals surface area contributed by atoms with Crippen molar-refractivity contribution in [3.63, 3.8) is 0 Å². The summed E-state index contributed by atoms with van der Waals surface area (Å²) in [5.74, 6) is 1.40. The summed E-state index contributed by atoms with van der Waals surface area (Å²) in [6.07, 6.45) is 3.95. The maximum absolute atomic E-state index is 5.76. The van der Waals surface area contributed by atoms with E-state index in [4.69, 9.17) is 15.2 Å². The van der Waals surface area contributed by atoms with Crippen LogP contribution < -0.4 is 15.2 Å². The van der Waals surface area contributed by atoms with Gasteiger partial charge in [0.05, 0.1) is 19.9 Å². The first-order valence-corrected chi connectivity index (χ1v) is 5.38. The van der Waals surface area contributed by atoms with Crippen LogP contribution in [0.15, 0.2) is 36.7 Å². The highest BCUT2D eigenvalue weighted by atomic mass is 16.5. The summed E-state index contributed by atoms with van der Waals surface area (Å²) in [6.45, 7) is 0.452. The third-order valence-corrected chi connectivity index (χ3v) is 2.69. The monoisotopic (exact) mass is 232 g/mol. The Morgan fingerprint density at radius 1 is 1.06 bits per heavy atom. The molecule has 0 aliphatic heterocycles. The van der Waals surface area contributed by atoms with Crippen LogP contribution in [-0.4, -0.2) is 18.8 Å². The number of ether oxygens (including phenoxy) is 2. The number of nitrogens with zero attached hydrogens (tertiary/aromatic N) is 1. The van der Waals surface area contributed by atoms with Crippen LogP contribution in [0.25, 0.3) is 5.69 Å². The fourth-order valence-electron chi connectivity index (χ4n) is 1.81. The van der Waals surface area contributed by atoms with Crippen molar-refractivity contribution in [3.8, 4) is 17.2 Å². The zero-order chi connectivity index (χ0) is 12.3. The molecule has 0 saturated carbocycles. The fraction of sp³-hybridized carbons (Fsp3) is 0.231. The molecule has 17 heavy (non-hydrogen) atoms. The molecule has 1 aromatic carbocycles. The van der Waals surface area contributed by atoms with Gasteiger partial charge in [0.15, 0.2) is 11.5 Å². The minimum atomic E-state index is 0.452. The molecule has 1 aromatic heterocycles. The van der Waals surface area contributed by atoms with Crippen LogP contribution >= 0.6 is 0 Å². The fourth-order valence-corrected chi connectivity index (χ4v) is 1.81. The summed E-state index contributed by atoms with van der Waals surface area (Å²) in [4.78, 5) is 0. The molecule has 1 heterocycles. The Bertz CT molecular complexity index is 492. The lowest BCUT2D eigenvalue weighted by molar-refractivity contribution is 0.354. The van der Waals surface area contributed by atoms with Gasteiger partial charge in [-0.3, -0.25) is 0 Å². The molecular weight excluding hydrogens is 216 g/mol. The number of methoxy groups -OCH3 is 2. The highest BCUT2D eigenvalue weighted by Crippen LogP contribution is 2.32. The van der Waals surface area contributed by atoms with Gasteiger partial charge in [0.1, 0.15) is 0 Å². The van der Waals surface area contributed by atoms with Gasteiger partial charge in [-0.05, 0) is 23.8 Å². The first kappa shape index (κ1) is 11.5. The lowest BCUT2D eigenvalue weighted by atomic mass is 10.1. The van der Waals surface area contributed by atoms with E-state index in [-0.39, 0.29) is 0 Å². The van der Waals surface area contributed by atoms with Crippen molar-refractivity contribution < 1.29 is 9.47 Å². The summed E-state index contributed by atoms with van der Waals surface area (Å²) >= 11 is 0. The van der Waals surface area contributed by atoms with Crippen molar-refractivity contribution in [1.82, 2.24) is 4.57 Å².